The van der Waals surface area contributed by atoms with Crippen molar-refractivity contribution in [3.8, 4) is 0 Å². The van der Waals surface area contributed by atoms with Crippen molar-refractivity contribution >= 4 is 27.5 Å². The van der Waals surface area contributed by atoms with Crippen LogP contribution in [0.5, 0.6) is 0 Å². The van der Waals surface area contributed by atoms with Crippen LogP contribution in [-0.2, 0) is 24.2 Å². The molecule has 1 aliphatic carbocycles. The predicted molar refractivity (Wildman–Crippen MR) is 97.2 cm³/mol. The molecule has 0 spiro atoms. The highest BCUT2D eigenvalue weighted by Crippen LogP contribution is 2.22. The van der Waals surface area contributed by atoms with Gasteiger partial charge in [-0.2, -0.15) is 5.10 Å². The molecule has 1 aliphatic rings. The number of amides is 1. The van der Waals surface area contributed by atoms with Gasteiger partial charge in [0.05, 0.1) is 5.69 Å². The summed E-state index contributed by atoms with van der Waals surface area (Å²) in [5, 5.41) is 7.21. The molecule has 24 heavy (non-hydrogen) atoms. The largest absolute Gasteiger partial charge is 0.324 e. The summed E-state index contributed by atoms with van der Waals surface area (Å²) in [5.74, 6) is 0.328. The van der Waals surface area contributed by atoms with Crippen LogP contribution >= 0.6 is 15.9 Å². The molecule has 0 unspecified atom stereocenters. The quantitative estimate of drug-likeness (QED) is 0.876. The van der Waals surface area contributed by atoms with Crippen LogP contribution in [0.25, 0.3) is 0 Å². The van der Waals surface area contributed by atoms with Crippen molar-refractivity contribution in [1.82, 2.24) is 9.78 Å². The van der Waals surface area contributed by atoms with Crippen LogP contribution in [0.3, 0.4) is 0 Å². The molecule has 1 amide bonds. The Balaban J connectivity index is 1.74. The van der Waals surface area contributed by atoms with Crippen LogP contribution in [0.2, 0.25) is 0 Å². The normalized spacial score (nSPS) is 16.5. The van der Waals surface area contributed by atoms with Gasteiger partial charge in [-0.15, -0.1) is 0 Å². The van der Waals surface area contributed by atoms with Gasteiger partial charge in [0.25, 0.3) is 5.56 Å². The lowest BCUT2D eigenvalue weighted by molar-refractivity contribution is -0.117. The number of anilines is 1. The minimum atomic E-state index is -0.254. The van der Waals surface area contributed by atoms with E-state index in [1.165, 1.54) is 4.68 Å². The van der Waals surface area contributed by atoms with E-state index in [1.54, 1.807) is 6.07 Å². The molecule has 0 bridgehead atoms. The monoisotopic (exact) mass is 389 g/mol. The summed E-state index contributed by atoms with van der Waals surface area (Å²) < 4.78 is 2.25. The van der Waals surface area contributed by atoms with E-state index in [9.17, 15) is 9.59 Å². The number of aromatic nitrogens is 2. The first-order valence-electron chi connectivity index (χ1n) is 8.08. The fraction of sp³-hybridized carbons (Fsp3) is 0.389. The number of hydrogen-bond donors (Lipinski definition) is 1. The zero-order valence-corrected chi connectivity index (χ0v) is 15.4. The first-order chi connectivity index (χ1) is 11.4. The van der Waals surface area contributed by atoms with Crippen molar-refractivity contribution < 1.29 is 4.79 Å². The third kappa shape index (κ3) is 3.75. The smallest absolute Gasteiger partial charge is 0.267 e. The van der Waals surface area contributed by atoms with Crippen molar-refractivity contribution in [3.63, 3.8) is 0 Å². The van der Waals surface area contributed by atoms with Gasteiger partial charge < -0.3 is 5.32 Å². The van der Waals surface area contributed by atoms with Crippen LogP contribution in [0.15, 0.2) is 33.5 Å². The van der Waals surface area contributed by atoms with Gasteiger partial charge >= 0.3 is 0 Å². The Bertz CT molecular complexity index is 845. The van der Waals surface area contributed by atoms with Crippen molar-refractivity contribution in [1.29, 1.82) is 0 Å². The van der Waals surface area contributed by atoms with Gasteiger partial charge in [0.2, 0.25) is 5.91 Å². The van der Waals surface area contributed by atoms with Crippen molar-refractivity contribution in [2.45, 2.75) is 39.7 Å². The van der Waals surface area contributed by atoms with Gasteiger partial charge in [0.15, 0.2) is 0 Å². The Morgan fingerprint density at radius 3 is 2.96 bits per heavy atom. The molecule has 1 atom stereocenters. The molecule has 1 N–H and O–H groups in total. The zero-order chi connectivity index (χ0) is 17.3. The number of rotatable bonds is 3. The molecule has 0 saturated carbocycles. The van der Waals surface area contributed by atoms with Gasteiger partial charge in [-0.3, -0.25) is 9.59 Å². The molecule has 0 saturated heterocycles. The first-order valence-corrected chi connectivity index (χ1v) is 8.87. The molecule has 5 nitrogen and oxygen atoms in total. The minimum absolute atomic E-state index is 0.0726. The third-order valence-electron chi connectivity index (χ3n) is 4.34. The fourth-order valence-corrected chi connectivity index (χ4v) is 3.23. The number of nitrogens with zero attached hydrogens (tertiary/aromatic N) is 2. The summed E-state index contributed by atoms with van der Waals surface area (Å²) in [5.41, 5.74) is 3.50. The number of aryl methyl sites for hydroxylation is 2. The lowest BCUT2D eigenvalue weighted by Crippen LogP contribution is -2.32. The van der Waals surface area contributed by atoms with Crippen LogP contribution in [0.4, 0.5) is 5.69 Å². The van der Waals surface area contributed by atoms with Crippen LogP contribution in [-0.4, -0.2) is 15.7 Å². The maximum atomic E-state index is 12.2. The predicted octanol–water partition coefficient (Wildman–Crippen LogP) is 3.08. The molecule has 1 aromatic carbocycles. The van der Waals surface area contributed by atoms with E-state index in [0.29, 0.717) is 11.6 Å². The molecule has 0 radical (unpaired) electrons. The summed E-state index contributed by atoms with van der Waals surface area (Å²) in [6.45, 7) is 4.06. The van der Waals surface area contributed by atoms with Crippen molar-refractivity contribution in [3.05, 3.63) is 55.9 Å². The second-order valence-electron chi connectivity index (χ2n) is 6.47. The Kier molecular flexibility index (Phi) is 4.85. The van der Waals surface area contributed by atoms with Crippen molar-refractivity contribution in [2.75, 3.05) is 5.32 Å². The van der Waals surface area contributed by atoms with E-state index < -0.39 is 0 Å². The minimum Gasteiger partial charge on any atom is -0.324 e. The summed E-state index contributed by atoms with van der Waals surface area (Å²) in [7, 11) is 0. The van der Waals surface area contributed by atoms with E-state index in [-0.39, 0.29) is 18.0 Å². The highest BCUT2D eigenvalue weighted by atomic mass is 79.9. The summed E-state index contributed by atoms with van der Waals surface area (Å²) in [6.07, 6.45) is 2.83. The van der Waals surface area contributed by atoms with Gasteiger partial charge in [0, 0.05) is 16.2 Å². The van der Waals surface area contributed by atoms with E-state index in [0.717, 1.165) is 40.6 Å². The topological polar surface area (TPSA) is 64.0 Å². The van der Waals surface area contributed by atoms with Gasteiger partial charge in [-0.05, 0) is 61.4 Å². The van der Waals surface area contributed by atoms with E-state index in [1.807, 2.05) is 25.1 Å². The maximum Gasteiger partial charge on any atom is 0.267 e. The molecular weight excluding hydrogens is 370 g/mol. The first kappa shape index (κ1) is 16.9. The average molecular weight is 390 g/mol. The Labute approximate surface area is 149 Å². The van der Waals surface area contributed by atoms with Crippen LogP contribution in [0.1, 0.15) is 30.2 Å². The van der Waals surface area contributed by atoms with Crippen LogP contribution in [0, 0.1) is 12.8 Å². The van der Waals surface area contributed by atoms with E-state index in [2.05, 4.69) is 33.3 Å². The molecule has 0 aliphatic heterocycles. The molecule has 126 valence electrons. The van der Waals surface area contributed by atoms with E-state index in [4.69, 9.17) is 0 Å². The highest BCUT2D eigenvalue weighted by Gasteiger charge is 2.18. The van der Waals surface area contributed by atoms with Gasteiger partial charge in [0.1, 0.15) is 6.54 Å². The summed E-state index contributed by atoms with van der Waals surface area (Å²) in [6, 6.07) is 7.22. The second kappa shape index (κ2) is 6.89. The number of benzene rings is 1. The van der Waals surface area contributed by atoms with Crippen molar-refractivity contribution in [2.24, 2.45) is 5.92 Å². The molecule has 0 fully saturated rings. The number of carbonyl (C=O) groups is 1. The number of carbonyl (C=O) groups excluding carboxylic acids is 1. The Morgan fingerprint density at radius 1 is 1.42 bits per heavy atom. The average Bonchev–Trinajstić information content (AvgIpc) is 2.52. The molecule has 6 heteroatoms. The molecule has 3 rings (SSSR count). The maximum absolute atomic E-state index is 12.2. The Morgan fingerprint density at radius 2 is 2.21 bits per heavy atom. The standard InChI is InChI=1S/C18H20BrN3O2/c1-11-3-6-16-13(7-11)9-18(24)22(21-16)10-17(23)20-14-4-5-15(19)12(2)8-14/h4-5,8-9,11H,3,6-7,10H2,1-2H3,(H,20,23)/t11-/m1/s1. The van der Waals surface area contributed by atoms with Gasteiger partial charge in [-0.1, -0.05) is 22.9 Å². The molecular formula is C18H20BrN3O2. The lowest BCUT2D eigenvalue weighted by Gasteiger charge is -2.20. The molecule has 1 heterocycles. The molecule has 2 aromatic rings. The van der Waals surface area contributed by atoms with Gasteiger partial charge in [-0.25, -0.2) is 4.68 Å². The lowest BCUT2D eigenvalue weighted by atomic mass is 9.88. The zero-order valence-electron chi connectivity index (χ0n) is 13.8. The highest BCUT2D eigenvalue weighted by molar-refractivity contribution is 9.10. The number of nitrogens with one attached hydrogen (secondary N) is 1. The second-order valence-corrected chi connectivity index (χ2v) is 7.33. The fourth-order valence-electron chi connectivity index (χ4n) is 2.99. The van der Waals surface area contributed by atoms with Crippen LogP contribution < -0.4 is 10.9 Å². The number of hydrogen-bond acceptors (Lipinski definition) is 3. The number of fused-ring (bicyclic) bond motifs is 1. The van der Waals surface area contributed by atoms with E-state index >= 15 is 0 Å². The number of halogens is 1. The SMILES string of the molecule is Cc1cc(NC(=O)Cn2nc3c(cc2=O)C[C@H](C)CC3)ccc1Br. The third-order valence-corrected chi connectivity index (χ3v) is 5.23. The Hall–Kier alpha value is -1.95. The summed E-state index contributed by atoms with van der Waals surface area (Å²) >= 11 is 3.43. The molecule has 1 aromatic heterocycles. The summed E-state index contributed by atoms with van der Waals surface area (Å²) in [4.78, 5) is 24.4.